The first-order chi connectivity index (χ1) is 10.1. The van der Waals surface area contributed by atoms with E-state index in [1.807, 2.05) is 38.1 Å². The molecule has 2 aromatic rings. The molecular weight excluding hydrogens is 268 g/mol. The van der Waals surface area contributed by atoms with Crippen LogP contribution in [0.5, 0.6) is 11.5 Å². The second kappa shape index (κ2) is 5.69. The van der Waals surface area contributed by atoms with Gasteiger partial charge in [0.05, 0.1) is 24.6 Å². The lowest BCUT2D eigenvalue weighted by atomic mass is 10.00. The molecule has 0 saturated heterocycles. The Morgan fingerprint density at radius 2 is 1.81 bits per heavy atom. The second-order valence-electron chi connectivity index (χ2n) is 5.19. The molecule has 5 heteroatoms. The predicted molar refractivity (Wildman–Crippen MR) is 77.6 cm³/mol. The molecule has 0 saturated carbocycles. The fourth-order valence-corrected chi connectivity index (χ4v) is 2.38. The van der Waals surface area contributed by atoms with Gasteiger partial charge in [-0.25, -0.2) is 0 Å². The predicted octanol–water partition coefficient (Wildman–Crippen LogP) is 2.34. The minimum atomic E-state index is -0.753. The molecular formula is C16H18N2O3. The number of hydrogen-bond acceptors (Lipinski definition) is 5. The highest BCUT2D eigenvalue weighted by Crippen LogP contribution is 2.34. The number of aliphatic hydroxyl groups excluding tert-OH is 1. The zero-order chi connectivity index (χ0) is 14.8. The summed E-state index contributed by atoms with van der Waals surface area (Å²) >= 11 is 0. The van der Waals surface area contributed by atoms with Crippen molar-refractivity contribution >= 4 is 0 Å². The summed E-state index contributed by atoms with van der Waals surface area (Å²) < 4.78 is 11.3. The molecule has 21 heavy (non-hydrogen) atoms. The smallest absolute Gasteiger partial charge is 0.161 e. The first-order valence-electron chi connectivity index (χ1n) is 7.03. The summed E-state index contributed by atoms with van der Waals surface area (Å²) in [6.07, 6.45) is 0.107. The van der Waals surface area contributed by atoms with Crippen molar-refractivity contribution in [3.05, 3.63) is 46.8 Å². The van der Waals surface area contributed by atoms with Crippen LogP contribution in [0.3, 0.4) is 0 Å². The molecule has 2 heterocycles. The number of aromatic nitrogens is 2. The second-order valence-corrected chi connectivity index (χ2v) is 5.19. The zero-order valence-corrected chi connectivity index (χ0v) is 12.2. The van der Waals surface area contributed by atoms with Crippen LogP contribution in [0.4, 0.5) is 0 Å². The van der Waals surface area contributed by atoms with Crippen LogP contribution in [-0.2, 0) is 0 Å². The van der Waals surface area contributed by atoms with Gasteiger partial charge in [-0.3, -0.25) is 0 Å². The van der Waals surface area contributed by atoms with Crippen molar-refractivity contribution in [1.29, 1.82) is 0 Å². The van der Waals surface area contributed by atoms with Gasteiger partial charge in [0, 0.05) is 12.0 Å². The molecule has 0 fully saturated rings. The van der Waals surface area contributed by atoms with Crippen molar-refractivity contribution in [1.82, 2.24) is 10.2 Å². The monoisotopic (exact) mass is 286 g/mol. The normalized spacial score (nSPS) is 15.4. The number of aryl methyl sites for hydroxylation is 2. The molecule has 3 rings (SSSR count). The van der Waals surface area contributed by atoms with Crippen molar-refractivity contribution in [2.45, 2.75) is 26.4 Å². The van der Waals surface area contributed by atoms with Gasteiger partial charge in [0.2, 0.25) is 0 Å². The molecule has 110 valence electrons. The Bertz CT molecular complexity index is 658. The maximum absolute atomic E-state index is 10.6. The molecule has 0 amide bonds. The SMILES string of the molecule is Cc1cc(C(O)c2ccc3c(c2)OCCCO3)c(C)nn1. The molecule has 1 unspecified atom stereocenters. The summed E-state index contributed by atoms with van der Waals surface area (Å²) in [6.45, 7) is 4.98. The van der Waals surface area contributed by atoms with Gasteiger partial charge in [-0.15, -0.1) is 0 Å². The van der Waals surface area contributed by atoms with Gasteiger partial charge in [-0.1, -0.05) is 6.07 Å². The number of rotatable bonds is 2. The van der Waals surface area contributed by atoms with Crippen molar-refractivity contribution in [2.75, 3.05) is 13.2 Å². The summed E-state index contributed by atoms with van der Waals surface area (Å²) in [6, 6.07) is 7.39. The van der Waals surface area contributed by atoms with Crippen molar-refractivity contribution < 1.29 is 14.6 Å². The molecule has 1 atom stereocenters. The maximum Gasteiger partial charge on any atom is 0.161 e. The molecule has 5 nitrogen and oxygen atoms in total. The number of hydrogen-bond donors (Lipinski definition) is 1. The number of ether oxygens (including phenoxy) is 2. The van der Waals surface area contributed by atoms with Crippen molar-refractivity contribution in [2.24, 2.45) is 0 Å². The topological polar surface area (TPSA) is 64.5 Å². The molecule has 0 radical (unpaired) electrons. The number of fused-ring (bicyclic) bond motifs is 1. The number of benzene rings is 1. The van der Waals surface area contributed by atoms with Crippen molar-refractivity contribution in [3.63, 3.8) is 0 Å². The van der Waals surface area contributed by atoms with E-state index in [1.54, 1.807) is 0 Å². The Morgan fingerprint density at radius 3 is 2.62 bits per heavy atom. The highest BCUT2D eigenvalue weighted by atomic mass is 16.5. The lowest BCUT2D eigenvalue weighted by Crippen LogP contribution is -2.06. The van der Waals surface area contributed by atoms with Crippen LogP contribution < -0.4 is 9.47 Å². The number of aliphatic hydroxyl groups is 1. The largest absolute Gasteiger partial charge is 0.490 e. The fraction of sp³-hybridized carbons (Fsp3) is 0.375. The van der Waals surface area contributed by atoms with Crippen molar-refractivity contribution in [3.8, 4) is 11.5 Å². The molecule has 0 aliphatic carbocycles. The first-order valence-corrected chi connectivity index (χ1v) is 7.03. The van der Waals surface area contributed by atoms with Crippen LogP contribution in [0.25, 0.3) is 0 Å². The van der Waals surface area contributed by atoms with Gasteiger partial charge in [0.1, 0.15) is 6.10 Å². The zero-order valence-electron chi connectivity index (χ0n) is 12.2. The van der Waals surface area contributed by atoms with Crippen LogP contribution in [0.15, 0.2) is 24.3 Å². The minimum absolute atomic E-state index is 0.626. The standard InChI is InChI=1S/C16H18N2O3/c1-10-8-13(11(2)18-17-10)16(19)12-4-5-14-15(9-12)21-7-3-6-20-14/h4-5,8-9,16,19H,3,6-7H2,1-2H3. The summed E-state index contributed by atoms with van der Waals surface area (Å²) in [5.41, 5.74) is 3.02. The molecule has 0 spiro atoms. The highest BCUT2D eigenvalue weighted by Gasteiger charge is 2.18. The van der Waals surface area contributed by atoms with E-state index in [1.165, 1.54) is 0 Å². The Labute approximate surface area is 123 Å². The van der Waals surface area contributed by atoms with E-state index in [2.05, 4.69) is 10.2 Å². The van der Waals surface area contributed by atoms with E-state index in [0.717, 1.165) is 34.7 Å². The fourth-order valence-electron chi connectivity index (χ4n) is 2.38. The van der Waals surface area contributed by atoms with Gasteiger partial charge in [0.25, 0.3) is 0 Å². The molecule has 1 aliphatic heterocycles. The van der Waals surface area contributed by atoms with E-state index in [0.29, 0.717) is 19.0 Å². The summed E-state index contributed by atoms with van der Waals surface area (Å²) in [7, 11) is 0. The van der Waals surface area contributed by atoms with E-state index < -0.39 is 6.10 Å². The molecule has 1 aromatic heterocycles. The van der Waals surface area contributed by atoms with Gasteiger partial charge in [-0.2, -0.15) is 10.2 Å². The summed E-state index contributed by atoms with van der Waals surface area (Å²) in [5, 5.41) is 18.7. The third-order valence-corrected chi connectivity index (χ3v) is 3.52. The van der Waals surface area contributed by atoms with Crippen LogP contribution in [0.2, 0.25) is 0 Å². The van der Waals surface area contributed by atoms with Gasteiger partial charge in [0.15, 0.2) is 11.5 Å². The molecule has 1 aliphatic rings. The third-order valence-electron chi connectivity index (χ3n) is 3.52. The average molecular weight is 286 g/mol. The van der Waals surface area contributed by atoms with E-state index in [4.69, 9.17) is 9.47 Å². The van der Waals surface area contributed by atoms with Gasteiger partial charge < -0.3 is 14.6 Å². The molecule has 1 aromatic carbocycles. The van der Waals surface area contributed by atoms with Crippen LogP contribution >= 0.6 is 0 Å². The quantitative estimate of drug-likeness (QED) is 0.918. The van der Waals surface area contributed by atoms with Gasteiger partial charge in [-0.05, 0) is 37.6 Å². The Balaban J connectivity index is 1.96. The lowest BCUT2D eigenvalue weighted by Gasteiger charge is -2.16. The average Bonchev–Trinajstić information content (AvgIpc) is 2.73. The Hall–Kier alpha value is -2.14. The van der Waals surface area contributed by atoms with E-state index >= 15 is 0 Å². The van der Waals surface area contributed by atoms with Gasteiger partial charge >= 0.3 is 0 Å². The third kappa shape index (κ3) is 2.83. The Morgan fingerprint density at radius 1 is 1.05 bits per heavy atom. The summed E-state index contributed by atoms with van der Waals surface area (Å²) in [5.74, 6) is 1.41. The maximum atomic E-state index is 10.6. The first kappa shape index (κ1) is 13.8. The highest BCUT2D eigenvalue weighted by molar-refractivity contribution is 5.46. The number of nitrogens with zero attached hydrogens (tertiary/aromatic N) is 2. The van der Waals surface area contributed by atoms with Crippen LogP contribution in [-0.4, -0.2) is 28.5 Å². The van der Waals surface area contributed by atoms with E-state index in [9.17, 15) is 5.11 Å². The summed E-state index contributed by atoms with van der Waals surface area (Å²) in [4.78, 5) is 0. The van der Waals surface area contributed by atoms with Crippen LogP contribution in [0, 0.1) is 13.8 Å². The Kier molecular flexibility index (Phi) is 3.75. The lowest BCUT2D eigenvalue weighted by molar-refractivity contribution is 0.217. The molecule has 1 N–H and O–H groups in total. The van der Waals surface area contributed by atoms with E-state index in [-0.39, 0.29) is 0 Å². The molecule has 0 bridgehead atoms. The van der Waals surface area contributed by atoms with Crippen LogP contribution in [0.1, 0.15) is 35.0 Å². The minimum Gasteiger partial charge on any atom is -0.490 e.